The summed E-state index contributed by atoms with van der Waals surface area (Å²) in [6.45, 7) is 6.46. The second-order valence-corrected chi connectivity index (χ2v) is 9.68. The van der Waals surface area contributed by atoms with Crippen molar-refractivity contribution in [3.63, 3.8) is 0 Å². The van der Waals surface area contributed by atoms with Gasteiger partial charge in [0.15, 0.2) is 0 Å². The molecular weight excluding hydrogens is 433 g/mol. The summed E-state index contributed by atoms with van der Waals surface area (Å²) < 4.78 is 5.10. The molecule has 2 aromatic rings. The Morgan fingerprint density at radius 1 is 1.03 bits per heavy atom. The van der Waals surface area contributed by atoms with Crippen molar-refractivity contribution < 1.29 is 14.3 Å². The minimum atomic E-state index is -0.429. The highest BCUT2D eigenvalue weighted by Gasteiger charge is 2.34. The maximum atomic E-state index is 12.6. The van der Waals surface area contributed by atoms with Crippen LogP contribution in [0.1, 0.15) is 54.6 Å². The first-order valence-corrected chi connectivity index (χ1v) is 11.0. The molecule has 0 heterocycles. The summed E-state index contributed by atoms with van der Waals surface area (Å²) in [4.78, 5) is 25.2. The molecule has 1 amide bonds. The number of esters is 1. The third kappa shape index (κ3) is 5.50. The Balaban J connectivity index is 1.73. The van der Waals surface area contributed by atoms with E-state index in [0.29, 0.717) is 22.0 Å². The van der Waals surface area contributed by atoms with Gasteiger partial charge in [-0.25, -0.2) is 0 Å². The Morgan fingerprint density at radius 3 is 2.29 bits per heavy atom. The molecule has 3 rings (SSSR count). The smallest absolute Gasteiger partial charge is 0.313 e. The van der Waals surface area contributed by atoms with Crippen LogP contribution >= 0.6 is 23.2 Å². The second kappa shape index (κ2) is 9.46. The number of halogens is 2. The molecule has 0 saturated carbocycles. The molecule has 0 aliphatic heterocycles. The van der Waals surface area contributed by atoms with Gasteiger partial charge in [-0.1, -0.05) is 80.4 Å². The molecule has 4 nitrogen and oxygen atoms in total. The molecule has 0 aromatic heterocycles. The van der Waals surface area contributed by atoms with E-state index in [9.17, 15) is 9.59 Å². The lowest BCUT2D eigenvalue weighted by Gasteiger charge is -2.24. The third-order valence-electron chi connectivity index (χ3n) is 5.63. The summed E-state index contributed by atoms with van der Waals surface area (Å²) in [5.41, 5.74) is 2.58. The zero-order valence-electron chi connectivity index (χ0n) is 18.1. The maximum absolute atomic E-state index is 12.6. The van der Waals surface area contributed by atoms with E-state index in [1.807, 2.05) is 24.3 Å². The first kappa shape index (κ1) is 23.4. The van der Waals surface area contributed by atoms with Gasteiger partial charge in [-0.3, -0.25) is 9.59 Å². The molecule has 1 N–H and O–H groups in total. The lowest BCUT2D eigenvalue weighted by Crippen LogP contribution is -2.33. The van der Waals surface area contributed by atoms with Crippen LogP contribution in [0.5, 0.6) is 0 Å². The molecule has 6 heteroatoms. The largest absolute Gasteiger partial charge is 0.469 e. The minimum absolute atomic E-state index is 0.0342. The average Bonchev–Trinajstić information content (AvgIpc) is 3.17. The number of methoxy groups -OCH3 is 1. The average molecular weight is 460 g/mol. The molecule has 3 unspecified atom stereocenters. The van der Waals surface area contributed by atoms with Gasteiger partial charge in [-0.2, -0.15) is 0 Å². The molecule has 0 saturated heterocycles. The molecule has 2 aromatic carbocycles. The van der Waals surface area contributed by atoms with Crippen LogP contribution in [0.3, 0.4) is 0 Å². The highest BCUT2D eigenvalue weighted by Crippen LogP contribution is 2.35. The van der Waals surface area contributed by atoms with Crippen LogP contribution in [0.25, 0.3) is 0 Å². The normalized spacial score (nSPS) is 19.2. The number of benzene rings is 2. The van der Waals surface area contributed by atoms with Crippen LogP contribution < -0.4 is 5.32 Å². The van der Waals surface area contributed by atoms with E-state index < -0.39 is 5.92 Å². The molecule has 1 aliphatic rings. The molecule has 0 spiro atoms. The lowest BCUT2D eigenvalue weighted by atomic mass is 9.82. The fraction of sp³-hybridized carbons (Fsp3) is 0.360. The van der Waals surface area contributed by atoms with Gasteiger partial charge >= 0.3 is 5.97 Å². The standard InChI is InChI=1S/C25H27Cl2NO3/c1-25(2,3)18-9-5-15(6-10-18)22(24(30)31-4)16-7-11-19(13-16)28-23(29)17-8-12-20(26)21(27)14-17/h5-12,14,16,19,22H,13H2,1-4H3,(H,28,29). The van der Waals surface area contributed by atoms with Crippen LogP contribution in [0, 0.1) is 5.92 Å². The number of nitrogens with one attached hydrogen (secondary N) is 1. The SMILES string of the molecule is COC(=O)C(c1ccc(C(C)(C)C)cc1)C1C=CC(NC(=O)c2ccc(Cl)c(Cl)c2)C1. The van der Waals surface area contributed by atoms with Crippen LogP contribution in [-0.4, -0.2) is 25.0 Å². The van der Waals surface area contributed by atoms with E-state index in [1.54, 1.807) is 18.2 Å². The predicted molar refractivity (Wildman–Crippen MR) is 125 cm³/mol. The number of amides is 1. The van der Waals surface area contributed by atoms with Gasteiger partial charge in [0.2, 0.25) is 0 Å². The van der Waals surface area contributed by atoms with E-state index in [1.165, 1.54) is 12.7 Å². The van der Waals surface area contributed by atoms with E-state index >= 15 is 0 Å². The number of ether oxygens (including phenoxy) is 1. The Bertz CT molecular complexity index is 993. The molecule has 0 radical (unpaired) electrons. The number of hydrogen-bond donors (Lipinski definition) is 1. The van der Waals surface area contributed by atoms with Crippen molar-refractivity contribution in [2.24, 2.45) is 5.92 Å². The maximum Gasteiger partial charge on any atom is 0.313 e. The summed E-state index contributed by atoms with van der Waals surface area (Å²) in [6.07, 6.45) is 4.52. The summed E-state index contributed by atoms with van der Waals surface area (Å²) in [6, 6.07) is 12.7. The van der Waals surface area contributed by atoms with Crippen molar-refractivity contribution in [1.29, 1.82) is 0 Å². The second-order valence-electron chi connectivity index (χ2n) is 8.87. The lowest BCUT2D eigenvalue weighted by molar-refractivity contribution is -0.143. The van der Waals surface area contributed by atoms with Gasteiger partial charge < -0.3 is 10.1 Å². The van der Waals surface area contributed by atoms with Gasteiger partial charge in [0.1, 0.15) is 0 Å². The van der Waals surface area contributed by atoms with Crippen molar-refractivity contribution in [1.82, 2.24) is 5.32 Å². The third-order valence-corrected chi connectivity index (χ3v) is 6.37. The molecule has 1 aliphatic carbocycles. The Hall–Kier alpha value is -2.30. The summed E-state index contributed by atoms with van der Waals surface area (Å²) in [5.74, 6) is -1.03. The van der Waals surface area contributed by atoms with Crippen molar-refractivity contribution in [2.75, 3.05) is 7.11 Å². The number of hydrogen-bond acceptors (Lipinski definition) is 3. The summed E-state index contributed by atoms with van der Waals surface area (Å²) in [7, 11) is 1.40. The fourth-order valence-electron chi connectivity index (χ4n) is 3.85. The minimum Gasteiger partial charge on any atom is -0.469 e. The number of rotatable bonds is 5. The molecule has 0 bridgehead atoms. The van der Waals surface area contributed by atoms with Crippen LogP contribution in [-0.2, 0) is 14.9 Å². The van der Waals surface area contributed by atoms with Crippen molar-refractivity contribution in [3.05, 3.63) is 81.4 Å². The Labute approximate surface area is 193 Å². The molecule has 164 valence electrons. The summed E-state index contributed by atoms with van der Waals surface area (Å²) >= 11 is 11.9. The highest BCUT2D eigenvalue weighted by atomic mass is 35.5. The molecule has 3 atom stereocenters. The van der Waals surface area contributed by atoms with E-state index in [4.69, 9.17) is 27.9 Å². The van der Waals surface area contributed by atoms with Gasteiger partial charge in [0.25, 0.3) is 5.91 Å². The van der Waals surface area contributed by atoms with Crippen molar-refractivity contribution in [3.8, 4) is 0 Å². The molecule has 31 heavy (non-hydrogen) atoms. The quantitative estimate of drug-likeness (QED) is 0.445. The summed E-state index contributed by atoms with van der Waals surface area (Å²) in [5, 5.41) is 3.72. The van der Waals surface area contributed by atoms with Gasteiger partial charge in [0, 0.05) is 11.6 Å². The van der Waals surface area contributed by atoms with Gasteiger partial charge in [-0.05, 0) is 47.1 Å². The Kier molecular flexibility index (Phi) is 7.13. The van der Waals surface area contributed by atoms with Crippen molar-refractivity contribution >= 4 is 35.1 Å². The number of allylic oxidation sites excluding steroid dienone is 1. The van der Waals surface area contributed by atoms with Gasteiger partial charge in [0.05, 0.1) is 23.1 Å². The fourth-order valence-corrected chi connectivity index (χ4v) is 4.14. The number of carbonyl (C=O) groups excluding carboxylic acids is 2. The van der Waals surface area contributed by atoms with Crippen molar-refractivity contribution in [2.45, 2.75) is 44.6 Å². The number of carbonyl (C=O) groups is 2. The van der Waals surface area contributed by atoms with E-state index in [0.717, 1.165) is 5.56 Å². The molecular formula is C25H27Cl2NO3. The predicted octanol–water partition coefficient (Wildman–Crippen LogP) is 5.92. The van der Waals surface area contributed by atoms with Gasteiger partial charge in [-0.15, -0.1) is 0 Å². The monoisotopic (exact) mass is 459 g/mol. The topological polar surface area (TPSA) is 55.4 Å². The first-order chi connectivity index (χ1) is 14.6. The zero-order valence-corrected chi connectivity index (χ0v) is 19.6. The highest BCUT2D eigenvalue weighted by molar-refractivity contribution is 6.42. The van der Waals surface area contributed by atoms with Crippen LogP contribution in [0.2, 0.25) is 10.0 Å². The van der Waals surface area contributed by atoms with E-state index in [2.05, 4.69) is 38.2 Å². The van der Waals surface area contributed by atoms with Crippen LogP contribution in [0.15, 0.2) is 54.6 Å². The first-order valence-electron chi connectivity index (χ1n) is 10.2. The van der Waals surface area contributed by atoms with Crippen LogP contribution in [0.4, 0.5) is 0 Å². The van der Waals surface area contributed by atoms with E-state index in [-0.39, 0.29) is 29.3 Å². The zero-order chi connectivity index (χ0) is 22.8. The molecule has 0 fully saturated rings. The Morgan fingerprint density at radius 2 is 1.71 bits per heavy atom.